The topological polar surface area (TPSA) is 93.6 Å². The zero-order valence-corrected chi connectivity index (χ0v) is 16.7. The average Bonchev–Trinajstić information content (AvgIpc) is 3.22. The number of imidazole rings is 1. The van der Waals surface area contributed by atoms with Crippen LogP contribution in [0.4, 0.5) is 0 Å². The minimum atomic E-state index is -0.695. The Bertz CT molecular complexity index is 1220. The highest BCUT2D eigenvalue weighted by Crippen LogP contribution is 2.25. The lowest BCUT2D eigenvalue weighted by molar-refractivity contribution is 0.0734. The van der Waals surface area contributed by atoms with Crippen molar-refractivity contribution in [1.82, 2.24) is 19.3 Å². The molecule has 2 aromatic carbocycles. The lowest BCUT2D eigenvalue weighted by Crippen LogP contribution is -2.31. The molecule has 7 nitrogen and oxygen atoms in total. The van der Waals surface area contributed by atoms with Crippen LogP contribution in [0.25, 0.3) is 16.9 Å². The van der Waals surface area contributed by atoms with Gasteiger partial charge in [-0.15, -0.1) is 0 Å². The second kappa shape index (κ2) is 7.79. The van der Waals surface area contributed by atoms with Crippen molar-refractivity contribution in [2.45, 2.75) is 13.0 Å². The molecule has 0 saturated heterocycles. The quantitative estimate of drug-likeness (QED) is 0.557. The molecule has 4 aromatic rings. The van der Waals surface area contributed by atoms with Crippen molar-refractivity contribution in [3.63, 3.8) is 0 Å². The molecule has 0 aliphatic carbocycles. The molecule has 2 N–H and O–H groups in total. The smallest absolute Gasteiger partial charge is 0.271 e. The summed E-state index contributed by atoms with van der Waals surface area (Å²) in [6, 6.07) is 20.8. The van der Waals surface area contributed by atoms with E-state index in [1.54, 1.807) is 18.0 Å². The summed E-state index contributed by atoms with van der Waals surface area (Å²) in [6.45, 7) is 1.96. The third kappa shape index (κ3) is 3.41. The highest BCUT2D eigenvalue weighted by atomic mass is 16.2. The van der Waals surface area contributed by atoms with Crippen LogP contribution in [0.2, 0.25) is 0 Å². The summed E-state index contributed by atoms with van der Waals surface area (Å²) < 4.78 is 1.52. The van der Waals surface area contributed by atoms with Gasteiger partial charge in [-0.25, -0.2) is 9.97 Å². The maximum Gasteiger partial charge on any atom is 0.271 e. The average molecular weight is 399 g/mol. The molecule has 4 rings (SSSR count). The molecule has 7 heteroatoms. The summed E-state index contributed by atoms with van der Waals surface area (Å²) in [5, 5.41) is 0. The van der Waals surface area contributed by atoms with Crippen LogP contribution >= 0.6 is 0 Å². The molecule has 150 valence electrons. The van der Waals surface area contributed by atoms with Crippen LogP contribution < -0.4 is 5.73 Å². The molecular weight excluding hydrogens is 378 g/mol. The molecule has 0 unspecified atom stereocenters. The molecule has 1 atom stereocenters. The summed E-state index contributed by atoms with van der Waals surface area (Å²) in [5.74, 6) is -0.913. The molecule has 0 spiro atoms. The van der Waals surface area contributed by atoms with Crippen LogP contribution in [0.3, 0.4) is 0 Å². The van der Waals surface area contributed by atoms with Crippen molar-refractivity contribution in [1.29, 1.82) is 0 Å². The second-order valence-electron chi connectivity index (χ2n) is 7.05. The number of amides is 2. The molecule has 0 aliphatic heterocycles. The maximum absolute atomic E-state index is 13.5. The van der Waals surface area contributed by atoms with Crippen molar-refractivity contribution in [2.24, 2.45) is 5.73 Å². The fraction of sp³-hybridized carbons (Fsp3) is 0.130. The number of fused-ring (bicyclic) bond motifs is 1. The van der Waals surface area contributed by atoms with Gasteiger partial charge in [0.2, 0.25) is 0 Å². The Kier molecular flexibility index (Phi) is 5.02. The largest absolute Gasteiger partial charge is 0.364 e. The van der Waals surface area contributed by atoms with Crippen molar-refractivity contribution >= 4 is 17.5 Å². The highest BCUT2D eigenvalue weighted by molar-refractivity contribution is 5.99. The third-order valence-corrected chi connectivity index (χ3v) is 5.21. The Morgan fingerprint density at radius 3 is 2.30 bits per heavy atom. The Morgan fingerprint density at radius 2 is 1.67 bits per heavy atom. The first kappa shape index (κ1) is 19.3. The van der Waals surface area contributed by atoms with Crippen molar-refractivity contribution in [3.8, 4) is 11.3 Å². The van der Waals surface area contributed by atoms with E-state index in [0.29, 0.717) is 11.4 Å². The number of carbonyl (C=O) groups excluding carboxylic acids is 2. The first-order chi connectivity index (χ1) is 14.5. The highest BCUT2D eigenvalue weighted by Gasteiger charge is 2.24. The van der Waals surface area contributed by atoms with Gasteiger partial charge in [0.25, 0.3) is 11.8 Å². The number of hydrogen-bond donors (Lipinski definition) is 1. The third-order valence-electron chi connectivity index (χ3n) is 5.21. The minimum absolute atomic E-state index is 0.0283. The van der Waals surface area contributed by atoms with E-state index in [-0.39, 0.29) is 23.3 Å². The molecule has 0 radical (unpaired) electrons. The van der Waals surface area contributed by atoms with Gasteiger partial charge in [0.15, 0.2) is 11.3 Å². The van der Waals surface area contributed by atoms with E-state index in [0.717, 1.165) is 11.1 Å². The van der Waals surface area contributed by atoms with Gasteiger partial charge in [-0.2, -0.15) is 0 Å². The van der Waals surface area contributed by atoms with Gasteiger partial charge in [-0.05, 0) is 18.6 Å². The Hall–Kier alpha value is -4.00. The van der Waals surface area contributed by atoms with E-state index in [1.807, 2.05) is 67.6 Å². The lowest BCUT2D eigenvalue weighted by Gasteiger charge is -2.26. The van der Waals surface area contributed by atoms with Crippen LogP contribution in [-0.2, 0) is 0 Å². The molecule has 0 saturated carbocycles. The number of primary amides is 1. The number of benzene rings is 2. The zero-order chi connectivity index (χ0) is 21.3. The van der Waals surface area contributed by atoms with Crippen molar-refractivity contribution < 1.29 is 9.59 Å². The number of nitrogens with two attached hydrogens (primary N) is 1. The monoisotopic (exact) mass is 399 g/mol. The zero-order valence-electron chi connectivity index (χ0n) is 16.7. The summed E-state index contributed by atoms with van der Waals surface area (Å²) in [7, 11) is 1.75. The Morgan fingerprint density at radius 1 is 1.03 bits per heavy atom. The summed E-state index contributed by atoms with van der Waals surface area (Å²) >= 11 is 0. The van der Waals surface area contributed by atoms with Gasteiger partial charge in [-0.3, -0.25) is 14.0 Å². The molecule has 0 fully saturated rings. The molecule has 2 amide bonds. The normalized spacial score (nSPS) is 11.9. The van der Waals surface area contributed by atoms with Crippen molar-refractivity contribution in [2.75, 3.05) is 7.05 Å². The first-order valence-corrected chi connectivity index (χ1v) is 9.53. The van der Waals surface area contributed by atoms with Crippen LogP contribution in [0.1, 0.15) is 39.5 Å². The molecular formula is C23H21N5O2. The fourth-order valence-corrected chi connectivity index (χ4v) is 3.38. The number of aromatic nitrogens is 3. The molecule has 0 aliphatic rings. The maximum atomic E-state index is 13.5. The van der Waals surface area contributed by atoms with E-state index >= 15 is 0 Å². The lowest BCUT2D eigenvalue weighted by atomic mass is 10.1. The van der Waals surface area contributed by atoms with Gasteiger partial charge in [0.05, 0.1) is 11.7 Å². The van der Waals surface area contributed by atoms with Crippen LogP contribution in [0.5, 0.6) is 0 Å². The van der Waals surface area contributed by atoms with Crippen LogP contribution in [0, 0.1) is 0 Å². The predicted octanol–water partition coefficient (Wildman–Crippen LogP) is 3.33. The summed E-state index contributed by atoms with van der Waals surface area (Å²) in [5.41, 5.74) is 8.52. The van der Waals surface area contributed by atoms with Gasteiger partial charge in [-0.1, -0.05) is 60.7 Å². The van der Waals surface area contributed by atoms with Crippen molar-refractivity contribution in [3.05, 3.63) is 90.0 Å². The first-order valence-electron chi connectivity index (χ1n) is 9.53. The SMILES string of the molecule is C[C@@H](c1ccccc1)N(C)C(=O)c1cc(-c2ccccc2)nc2c(C(N)=O)ncn12. The second-order valence-corrected chi connectivity index (χ2v) is 7.05. The van der Waals surface area contributed by atoms with Gasteiger partial charge in [0, 0.05) is 12.6 Å². The number of nitrogens with zero attached hydrogens (tertiary/aromatic N) is 4. The number of carbonyl (C=O) groups is 2. The van der Waals surface area contributed by atoms with Gasteiger partial charge < -0.3 is 10.6 Å². The molecule has 2 aromatic heterocycles. The van der Waals surface area contributed by atoms with E-state index < -0.39 is 5.91 Å². The summed E-state index contributed by atoms with van der Waals surface area (Å²) in [4.78, 5) is 35.6. The predicted molar refractivity (Wildman–Crippen MR) is 114 cm³/mol. The van der Waals surface area contributed by atoms with E-state index in [2.05, 4.69) is 9.97 Å². The van der Waals surface area contributed by atoms with E-state index in [4.69, 9.17) is 5.73 Å². The Balaban J connectivity index is 1.84. The molecule has 2 heterocycles. The number of hydrogen-bond acceptors (Lipinski definition) is 4. The summed E-state index contributed by atoms with van der Waals surface area (Å²) in [6.07, 6.45) is 1.41. The van der Waals surface area contributed by atoms with Gasteiger partial charge >= 0.3 is 0 Å². The van der Waals surface area contributed by atoms with Crippen LogP contribution in [0.15, 0.2) is 73.1 Å². The number of rotatable bonds is 5. The molecule has 30 heavy (non-hydrogen) atoms. The van der Waals surface area contributed by atoms with E-state index in [1.165, 1.54) is 10.7 Å². The standard InChI is InChI=1S/C23H21N5O2/c1-15(16-9-5-3-6-10-16)27(2)23(30)19-13-18(17-11-7-4-8-12-17)26-22-20(21(24)29)25-14-28(19)22/h3-15H,1-2H3,(H2,24,29)/t15-/m0/s1. The minimum Gasteiger partial charge on any atom is -0.364 e. The van der Waals surface area contributed by atoms with E-state index in [9.17, 15) is 9.59 Å². The van der Waals surface area contributed by atoms with Crippen LogP contribution in [-0.4, -0.2) is 38.1 Å². The van der Waals surface area contributed by atoms with Gasteiger partial charge in [0.1, 0.15) is 12.0 Å². The fourth-order valence-electron chi connectivity index (χ4n) is 3.38. The molecule has 0 bridgehead atoms. The Labute approximate surface area is 173 Å².